The zero-order chi connectivity index (χ0) is 14.2. The molecule has 0 atom stereocenters. The fourth-order valence-electron chi connectivity index (χ4n) is 2.59. The van der Waals surface area contributed by atoms with Gasteiger partial charge in [0.15, 0.2) is 11.5 Å². The van der Waals surface area contributed by atoms with Crippen LogP contribution >= 0.6 is 0 Å². The number of rotatable bonds is 4. The fourth-order valence-corrected chi connectivity index (χ4v) is 2.59. The molecule has 0 amide bonds. The Morgan fingerprint density at radius 1 is 1.19 bits per heavy atom. The van der Waals surface area contributed by atoms with Crippen LogP contribution in [0, 0.1) is 0 Å². The van der Waals surface area contributed by atoms with E-state index in [0.29, 0.717) is 11.7 Å². The van der Waals surface area contributed by atoms with Gasteiger partial charge in [-0.15, -0.1) is 0 Å². The normalized spacial score (nSPS) is 14.5. The maximum absolute atomic E-state index is 6.08. The number of nitrogens with two attached hydrogens (primary N) is 1. The summed E-state index contributed by atoms with van der Waals surface area (Å²) >= 11 is 0. The van der Waals surface area contributed by atoms with Gasteiger partial charge in [0.25, 0.3) is 0 Å². The Balaban J connectivity index is 1.75. The Bertz CT molecular complexity index is 776. The molecule has 1 saturated carbocycles. The molecule has 0 spiro atoms. The van der Waals surface area contributed by atoms with E-state index in [1.165, 1.54) is 12.8 Å². The van der Waals surface area contributed by atoms with Gasteiger partial charge in [0, 0.05) is 18.3 Å². The second-order valence-electron chi connectivity index (χ2n) is 5.36. The van der Waals surface area contributed by atoms with Crippen LogP contribution in [0.3, 0.4) is 0 Å². The first-order chi connectivity index (χ1) is 10.3. The lowest BCUT2D eigenvalue weighted by atomic mass is 10.1. The third-order valence-corrected chi connectivity index (χ3v) is 3.86. The van der Waals surface area contributed by atoms with Crippen molar-refractivity contribution in [2.45, 2.75) is 25.4 Å². The van der Waals surface area contributed by atoms with E-state index in [1.54, 1.807) is 12.7 Å². The van der Waals surface area contributed by atoms with Crippen LogP contribution in [-0.4, -0.2) is 26.0 Å². The third kappa shape index (κ3) is 2.18. The molecule has 0 unspecified atom stereocenters. The zero-order valence-electron chi connectivity index (χ0n) is 11.5. The highest BCUT2D eigenvalue weighted by atomic mass is 15.3. The molecular formula is C15H16N6. The second-order valence-corrected chi connectivity index (χ2v) is 5.36. The van der Waals surface area contributed by atoms with E-state index in [1.807, 2.05) is 18.2 Å². The molecule has 4 rings (SSSR count). The number of hydrogen-bond acceptors (Lipinski definition) is 5. The van der Waals surface area contributed by atoms with Crippen LogP contribution in [0.2, 0.25) is 0 Å². The standard InChI is InChI=1S/C15H16N6/c16-12-4-2-1-3-10(12)7-21(11-5-6-11)15-13-14(18-8-17-13)19-9-20-15/h1-4,8-9,11H,5-7,16H2,(H,17,18,19,20). The summed E-state index contributed by atoms with van der Waals surface area (Å²) in [4.78, 5) is 18.3. The highest BCUT2D eigenvalue weighted by molar-refractivity contribution is 5.83. The largest absolute Gasteiger partial charge is 0.398 e. The molecule has 0 radical (unpaired) electrons. The Hall–Kier alpha value is -2.63. The minimum Gasteiger partial charge on any atom is -0.398 e. The molecule has 106 valence electrons. The summed E-state index contributed by atoms with van der Waals surface area (Å²) in [5.74, 6) is 0.906. The van der Waals surface area contributed by atoms with E-state index < -0.39 is 0 Å². The van der Waals surface area contributed by atoms with Crippen LogP contribution in [0.4, 0.5) is 11.5 Å². The number of para-hydroxylation sites is 1. The van der Waals surface area contributed by atoms with E-state index in [9.17, 15) is 0 Å². The topological polar surface area (TPSA) is 83.7 Å². The Morgan fingerprint density at radius 3 is 2.86 bits per heavy atom. The molecule has 6 heteroatoms. The number of H-pyrrole nitrogens is 1. The van der Waals surface area contributed by atoms with Crippen molar-refractivity contribution in [2.75, 3.05) is 10.6 Å². The Labute approximate surface area is 122 Å². The average molecular weight is 280 g/mol. The first-order valence-corrected chi connectivity index (χ1v) is 7.07. The number of nitrogens with one attached hydrogen (secondary N) is 1. The van der Waals surface area contributed by atoms with Gasteiger partial charge in [-0.25, -0.2) is 15.0 Å². The number of aromatic nitrogens is 4. The minimum atomic E-state index is 0.519. The van der Waals surface area contributed by atoms with Gasteiger partial charge in [-0.2, -0.15) is 0 Å². The first-order valence-electron chi connectivity index (χ1n) is 7.07. The van der Waals surface area contributed by atoms with Crippen molar-refractivity contribution in [2.24, 2.45) is 0 Å². The van der Waals surface area contributed by atoms with Gasteiger partial charge >= 0.3 is 0 Å². The number of nitrogens with zero attached hydrogens (tertiary/aromatic N) is 4. The van der Waals surface area contributed by atoms with Gasteiger partial charge in [0.1, 0.15) is 11.8 Å². The molecule has 6 nitrogen and oxygen atoms in total. The molecule has 3 N–H and O–H groups in total. The van der Waals surface area contributed by atoms with E-state index in [0.717, 1.165) is 29.1 Å². The number of imidazole rings is 1. The molecule has 0 aliphatic heterocycles. The average Bonchev–Trinajstić information content (AvgIpc) is 3.22. The van der Waals surface area contributed by atoms with Crippen molar-refractivity contribution in [3.8, 4) is 0 Å². The van der Waals surface area contributed by atoms with Gasteiger partial charge in [0.05, 0.1) is 6.33 Å². The summed E-state index contributed by atoms with van der Waals surface area (Å²) in [5, 5.41) is 0. The van der Waals surface area contributed by atoms with Crippen molar-refractivity contribution in [1.82, 2.24) is 19.9 Å². The molecule has 2 heterocycles. The SMILES string of the molecule is Nc1ccccc1CN(c1ncnc2nc[nH]c12)C1CC1. The summed E-state index contributed by atoms with van der Waals surface area (Å²) < 4.78 is 0. The lowest BCUT2D eigenvalue weighted by Crippen LogP contribution is -2.26. The highest BCUT2D eigenvalue weighted by Crippen LogP contribution is 2.34. The van der Waals surface area contributed by atoms with E-state index in [4.69, 9.17) is 5.73 Å². The zero-order valence-corrected chi connectivity index (χ0v) is 11.5. The molecule has 1 aliphatic rings. The van der Waals surface area contributed by atoms with Gasteiger partial charge in [-0.1, -0.05) is 18.2 Å². The van der Waals surface area contributed by atoms with Gasteiger partial charge < -0.3 is 15.6 Å². The predicted molar refractivity (Wildman–Crippen MR) is 81.7 cm³/mol. The maximum atomic E-state index is 6.08. The number of hydrogen-bond donors (Lipinski definition) is 2. The summed E-state index contributed by atoms with van der Waals surface area (Å²) in [6, 6.07) is 8.49. The van der Waals surface area contributed by atoms with Crippen molar-refractivity contribution in [3.05, 3.63) is 42.5 Å². The number of benzene rings is 1. The second kappa shape index (κ2) is 4.73. The van der Waals surface area contributed by atoms with Gasteiger partial charge in [0.2, 0.25) is 0 Å². The van der Waals surface area contributed by atoms with Crippen molar-refractivity contribution >= 4 is 22.7 Å². The van der Waals surface area contributed by atoms with Gasteiger partial charge in [-0.05, 0) is 24.5 Å². The van der Waals surface area contributed by atoms with Crippen LogP contribution in [0.5, 0.6) is 0 Å². The molecule has 1 fully saturated rings. The quantitative estimate of drug-likeness (QED) is 0.715. The number of fused-ring (bicyclic) bond motifs is 1. The van der Waals surface area contributed by atoms with E-state index >= 15 is 0 Å². The summed E-state index contributed by atoms with van der Waals surface area (Å²) in [5.41, 5.74) is 9.61. The molecule has 2 aromatic heterocycles. The third-order valence-electron chi connectivity index (χ3n) is 3.86. The van der Waals surface area contributed by atoms with Gasteiger partial charge in [-0.3, -0.25) is 0 Å². The van der Waals surface area contributed by atoms with E-state index in [2.05, 4.69) is 30.9 Å². The molecular weight excluding hydrogens is 264 g/mol. The maximum Gasteiger partial charge on any atom is 0.182 e. The number of aromatic amines is 1. The Kier molecular flexibility index (Phi) is 2.73. The van der Waals surface area contributed by atoms with Crippen molar-refractivity contribution < 1.29 is 0 Å². The molecule has 1 aromatic carbocycles. The molecule has 1 aliphatic carbocycles. The first kappa shape index (κ1) is 12.1. The van der Waals surface area contributed by atoms with E-state index in [-0.39, 0.29) is 0 Å². The van der Waals surface area contributed by atoms with Crippen LogP contribution in [0.15, 0.2) is 36.9 Å². The fraction of sp³-hybridized carbons (Fsp3) is 0.267. The Morgan fingerprint density at radius 2 is 2.05 bits per heavy atom. The number of nitrogen functional groups attached to an aromatic ring is 1. The summed E-state index contributed by atoms with van der Waals surface area (Å²) in [7, 11) is 0. The van der Waals surface area contributed by atoms with Crippen molar-refractivity contribution in [1.29, 1.82) is 0 Å². The minimum absolute atomic E-state index is 0.519. The van der Waals surface area contributed by atoms with Crippen LogP contribution in [-0.2, 0) is 6.54 Å². The summed E-state index contributed by atoms with van der Waals surface area (Å²) in [6.45, 7) is 0.752. The molecule has 0 bridgehead atoms. The van der Waals surface area contributed by atoms with Crippen LogP contribution in [0.25, 0.3) is 11.2 Å². The summed E-state index contributed by atoms with van der Waals surface area (Å²) in [6.07, 6.45) is 5.60. The monoisotopic (exact) mass is 280 g/mol. The number of anilines is 2. The van der Waals surface area contributed by atoms with Crippen LogP contribution < -0.4 is 10.6 Å². The highest BCUT2D eigenvalue weighted by Gasteiger charge is 2.31. The molecule has 21 heavy (non-hydrogen) atoms. The molecule has 3 aromatic rings. The molecule has 0 saturated heterocycles. The predicted octanol–water partition coefficient (Wildman–Crippen LogP) is 2.10. The lowest BCUT2D eigenvalue weighted by molar-refractivity contribution is 0.781. The van der Waals surface area contributed by atoms with Crippen molar-refractivity contribution in [3.63, 3.8) is 0 Å². The van der Waals surface area contributed by atoms with Crippen LogP contribution in [0.1, 0.15) is 18.4 Å². The smallest absolute Gasteiger partial charge is 0.182 e. The lowest BCUT2D eigenvalue weighted by Gasteiger charge is -2.24.